The highest BCUT2D eigenvalue weighted by atomic mass is 16.3. The van der Waals surface area contributed by atoms with Gasteiger partial charge in [0, 0.05) is 11.9 Å². The summed E-state index contributed by atoms with van der Waals surface area (Å²) in [5.41, 5.74) is 2.03. The van der Waals surface area contributed by atoms with Crippen LogP contribution in [0.4, 0.5) is 0 Å². The van der Waals surface area contributed by atoms with Crippen LogP contribution < -0.4 is 0 Å². The molecule has 2 heteroatoms. The molecule has 1 aromatic rings. The average molecular weight is 219 g/mol. The van der Waals surface area contributed by atoms with Crippen molar-refractivity contribution >= 4 is 0 Å². The van der Waals surface area contributed by atoms with Crippen molar-refractivity contribution in [3.63, 3.8) is 0 Å². The molecule has 1 aliphatic rings. The van der Waals surface area contributed by atoms with E-state index in [4.69, 9.17) is 0 Å². The standard InChI is InChI=1S/C14H21NO/c1-11-10-13(8-9-15-11)14(16)12-6-4-2-3-5-7-12/h8-10,12,14,16H,2-7H2,1H3. The minimum Gasteiger partial charge on any atom is -0.388 e. The summed E-state index contributed by atoms with van der Waals surface area (Å²) in [4.78, 5) is 4.17. The molecule has 0 spiro atoms. The Labute approximate surface area is 97.7 Å². The van der Waals surface area contributed by atoms with Crippen LogP contribution in [-0.2, 0) is 0 Å². The molecule has 1 aliphatic carbocycles. The van der Waals surface area contributed by atoms with Crippen LogP contribution in [0.15, 0.2) is 18.3 Å². The van der Waals surface area contributed by atoms with Gasteiger partial charge >= 0.3 is 0 Å². The Morgan fingerprint density at radius 3 is 2.56 bits per heavy atom. The normalized spacial score (nSPS) is 20.4. The van der Waals surface area contributed by atoms with Crippen LogP contribution in [0.5, 0.6) is 0 Å². The summed E-state index contributed by atoms with van der Waals surface area (Å²) in [5.74, 6) is 0.448. The Hall–Kier alpha value is -0.890. The Morgan fingerprint density at radius 1 is 1.25 bits per heavy atom. The highest BCUT2D eigenvalue weighted by molar-refractivity contribution is 5.18. The molecule has 16 heavy (non-hydrogen) atoms. The monoisotopic (exact) mass is 219 g/mol. The molecule has 0 saturated heterocycles. The van der Waals surface area contributed by atoms with E-state index in [9.17, 15) is 5.11 Å². The van der Waals surface area contributed by atoms with Gasteiger partial charge in [-0.3, -0.25) is 4.98 Å². The second-order valence-corrected chi connectivity index (χ2v) is 4.93. The molecule has 0 amide bonds. The predicted molar refractivity (Wildman–Crippen MR) is 65.1 cm³/mol. The third-order valence-corrected chi connectivity index (χ3v) is 3.61. The molecule has 88 valence electrons. The summed E-state index contributed by atoms with van der Waals surface area (Å²) in [6.07, 6.45) is 9.05. The number of hydrogen-bond donors (Lipinski definition) is 1. The first-order chi connectivity index (χ1) is 7.77. The highest BCUT2D eigenvalue weighted by Gasteiger charge is 2.22. The second kappa shape index (κ2) is 5.44. The molecule has 0 radical (unpaired) electrons. The van der Waals surface area contributed by atoms with Crippen molar-refractivity contribution in [2.45, 2.75) is 51.6 Å². The number of aromatic nitrogens is 1. The highest BCUT2D eigenvalue weighted by Crippen LogP contribution is 2.33. The molecule has 1 fully saturated rings. The fourth-order valence-electron chi connectivity index (χ4n) is 2.65. The van der Waals surface area contributed by atoms with E-state index in [1.54, 1.807) is 6.20 Å². The van der Waals surface area contributed by atoms with Crippen LogP contribution >= 0.6 is 0 Å². The Morgan fingerprint density at radius 2 is 1.94 bits per heavy atom. The van der Waals surface area contributed by atoms with Crippen molar-refractivity contribution in [2.24, 2.45) is 5.92 Å². The Bertz CT molecular complexity index is 329. The lowest BCUT2D eigenvalue weighted by atomic mass is 9.90. The average Bonchev–Trinajstić information content (AvgIpc) is 2.56. The minimum absolute atomic E-state index is 0.292. The molecule has 0 bridgehead atoms. The zero-order chi connectivity index (χ0) is 11.4. The van der Waals surface area contributed by atoms with Gasteiger partial charge in [-0.15, -0.1) is 0 Å². The number of nitrogens with zero attached hydrogens (tertiary/aromatic N) is 1. The number of pyridine rings is 1. The van der Waals surface area contributed by atoms with Gasteiger partial charge in [-0.25, -0.2) is 0 Å². The molecule has 2 rings (SSSR count). The van der Waals surface area contributed by atoms with E-state index >= 15 is 0 Å². The van der Waals surface area contributed by atoms with Crippen molar-refractivity contribution in [1.82, 2.24) is 4.98 Å². The van der Waals surface area contributed by atoms with Gasteiger partial charge in [0.15, 0.2) is 0 Å². The summed E-state index contributed by atoms with van der Waals surface area (Å²) < 4.78 is 0. The lowest BCUT2D eigenvalue weighted by molar-refractivity contribution is 0.0986. The molecule has 1 N–H and O–H groups in total. The smallest absolute Gasteiger partial charge is 0.0819 e. The second-order valence-electron chi connectivity index (χ2n) is 4.93. The fraction of sp³-hybridized carbons (Fsp3) is 0.643. The summed E-state index contributed by atoms with van der Waals surface area (Å²) >= 11 is 0. The van der Waals surface area contributed by atoms with Crippen molar-refractivity contribution < 1.29 is 5.11 Å². The van der Waals surface area contributed by atoms with Gasteiger partial charge in [0.25, 0.3) is 0 Å². The third kappa shape index (κ3) is 2.82. The fourth-order valence-corrected chi connectivity index (χ4v) is 2.65. The maximum absolute atomic E-state index is 10.4. The van der Waals surface area contributed by atoms with E-state index in [-0.39, 0.29) is 6.10 Å². The molecular formula is C14H21NO. The van der Waals surface area contributed by atoms with Crippen LogP contribution in [0.1, 0.15) is 55.9 Å². The van der Waals surface area contributed by atoms with Crippen LogP contribution in [0.3, 0.4) is 0 Å². The number of aliphatic hydroxyl groups is 1. The molecule has 2 nitrogen and oxygen atoms in total. The van der Waals surface area contributed by atoms with Gasteiger partial charge in [0.05, 0.1) is 6.10 Å². The molecule has 0 aliphatic heterocycles. The summed E-state index contributed by atoms with van der Waals surface area (Å²) in [6.45, 7) is 1.98. The number of rotatable bonds is 2. The van der Waals surface area contributed by atoms with Crippen molar-refractivity contribution in [1.29, 1.82) is 0 Å². The molecule has 1 heterocycles. The van der Waals surface area contributed by atoms with Gasteiger partial charge in [-0.2, -0.15) is 0 Å². The van der Waals surface area contributed by atoms with Crippen LogP contribution in [0, 0.1) is 12.8 Å². The van der Waals surface area contributed by atoms with E-state index in [0.29, 0.717) is 5.92 Å². The summed E-state index contributed by atoms with van der Waals surface area (Å²) in [6, 6.07) is 3.96. The topological polar surface area (TPSA) is 33.1 Å². The van der Waals surface area contributed by atoms with Gasteiger partial charge in [-0.05, 0) is 43.4 Å². The van der Waals surface area contributed by atoms with Gasteiger partial charge in [-0.1, -0.05) is 25.7 Å². The van der Waals surface area contributed by atoms with Crippen LogP contribution in [0.2, 0.25) is 0 Å². The molecular weight excluding hydrogens is 198 g/mol. The lowest BCUT2D eigenvalue weighted by Crippen LogP contribution is -2.12. The predicted octanol–water partition coefficient (Wildman–Crippen LogP) is 3.39. The van der Waals surface area contributed by atoms with Gasteiger partial charge in [0.1, 0.15) is 0 Å². The number of aryl methyl sites for hydroxylation is 1. The largest absolute Gasteiger partial charge is 0.388 e. The Kier molecular flexibility index (Phi) is 3.94. The van der Waals surface area contributed by atoms with E-state index < -0.39 is 0 Å². The van der Waals surface area contributed by atoms with Crippen LogP contribution in [-0.4, -0.2) is 10.1 Å². The molecule has 1 saturated carbocycles. The van der Waals surface area contributed by atoms with E-state index in [1.165, 1.54) is 38.5 Å². The van der Waals surface area contributed by atoms with Crippen molar-refractivity contribution in [3.8, 4) is 0 Å². The molecule has 1 unspecified atom stereocenters. The van der Waals surface area contributed by atoms with E-state index in [1.807, 2.05) is 19.1 Å². The first kappa shape index (κ1) is 11.6. The molecule has 1 atom stereocenters. The zero-order valence-corrected chi connectivity index (χ0v) is 10.0. The van der Waals surface area contributed by atoms with Crippen LogP contribution in [0.25, 0.3) is 0 Å². The van der Waals surface area contributed by atoms with E-state index in [0.717, 1.165) is 11.3 Å². The summed E-state index contributed by atoms with van der Waals surface area (Å²) in [7, 11) is 0. The quantitative estimate of drug-likeness (QED) is 0.773. The summed E-state index contributed by atoms with van der Waals surface area (Å²) in [5, 5.41) is 10.4. The van der Waals surface area contributed by atoms with Crippen molar-refractivity contribution in [3.05, 3.63) is 29.6 Å². The maximum atomic E-state index is 10.4. The molecule has 1 aromatic heterocycles. The van der Waals surface area contributed by atoms with E-state index in [2.05, 4.69) is 4.98 Å². The SMILES string of the molecule is Cc1cc(C(O)C2CCCCCC2)ccn1. The lowest BCUT2D eigenvalue weighted by Gasteiger charge is -2.21. The Balaban J connectivity index is 2.07. The first-order valence-electron chi connectivity index (χ1n) is 6.38. The number of aliphatic hydroxyl groups excluding tert-OH is 1. The first-order valence-corrected chi connectivity index (χ1v) is 6.38. The minimum atomic E-state index is -0.292. The van der Waals surface area contributed by atoms with Gasteiger partial charge < -0.3 is 5.11 Å². The third-order valence-electron chi connectivity index (χ3n) is 3.61. The molecule has 0 aromatic carbocycles. The maximum Gasteiger partial charge on any atom is 0.0819 e. The zero-order valence-electron chi connectivity index (χ0n) is 10.0. The number of hydrogen-bond acceptors (Lipinski definition) is 2. The van der Waals surface area contributed by atoms with Gasteiger partial charge in [0.2, 0.25) is 0 Å². The van der Waals surface area contributed by atoms with Crippen molar-refractivity contribution in [2.75, 3.05) is 0 Å².